The number of methoxy groups -OCH3 is 1. The SMILES string of the molecule is COc1cc(/C=C2\SC(=O)N(Cc3c(Cl)cccc3Cl)C2=O)cc(Cl)c1OCc1cccc([N+](=O)[O-])c1. The summed E-state index contributed by atoms with van der Waals surface area (Å²) >= 11 is 19.6. The maximum absolute atomic E-state index is 13.0. The number of rotatable bonds is 8. The molecule has 8 nitrogen and oxygen atoms in total. The smallest absolute Gasteiger partial charge is 0.293 e. The second-order valence-electron chi connectivity index (χ2n) is 7.72. The number of benzene rings is 3. The van der Waals surface area contributed by atoms with Gasteiger partial charge in [-0.3, -0.25) is 24.6 Å². The van der Waals surface area contributed by atoms with Crippen LogP contribution in [0.5, 0.6) is 11.5 Å². The van der Waals surface area contributed by atoms with Crippen LogP contribution >= 0.6 is 46.6 Å². The Hall–Kier alpha value is -3.24. The molecule has 3 aromatic carbocycles. The maximum atomic E-state index is 13.0. The molecule has 0 atom stereocenters. The molecule has 0 unspecified atom stereocenters. The number of nitrogens with zero attached hydrogens (tertiary/aromatic N) is 2. The van der Waals surface area contributed by atoms with Crippen molar-refractivity contribution in [3.8, 4) is 11.5 Å². The lowest BCUT2D eigenvalue weighted by molar-refractivity contribution is -0.384. The van der Waals surface area contributed by atoms with Gasteiger partial charge in [0.2, 0.25) is 0 Å². The standard InChI is InChI=1S/C25H17Cl3N2O6S/c1-35-21-10-15(9-20(28)23(21)36-13-14-4-2-5-16(8-14)30(33)34)11-22-24(31)29(25(32)37-22)12-17-18(26)6-3-7-19(17)27/h2-11H,12-13H2,1H3/b22-11-. The number of amides is 2. The van der Waals surface area contributed by atoms with Crippen LogP contribution in [-0.4, -0.2) is 28.1 Å². The molecule has 1 heterocycles. The first-order valence-corrected chi connectivity index (χ1v) is 12.5. The van der Waals surface area contributed by atoms with Crippen LogP contribution in [0.25, 0.3) is 6.08 Å². The van der Waals surface area contributed by atoms with E-state index >= 15 is 0 Å². The zero-order valence-corrected chi connectivity index (χ0v) is 22.2. The lowest BCUT2D eigenvalue weighted by Gasteiger charge is -2.15. The zero-order valence-electron chi connectivity index (χ0n) is 19.1. The summed E-state index contributed by atoms with van der Waals surface area (Å²) < 4.78 is 11.2. The van der Waals surface area contributed by atoms with Gasteiger partial charge in [-0.1, -0.05) is 53.0 Å². The Morgan fingerprint density at radius 3 is 2.41 bits per heavy atom. The summed E-state index contributed by atoms with van der Waals surface area (Å²) in [5, 5.41) is 11.4. The first-order valence-electron chi connectivity index (χ1n) is 10.6. The van der Waals surface area contributed by atoms with E-state index in [4.69, 9.17) is 44.3 Å². The summed E-state index contributed by atoms with van der Waals surface area (Å²) in [5.74, 6) is 0.0209. The van der Waals surface area contributed by atoms with Gasteiger partial charge < -0.3 is 9.47 Å². The average molecular weight is 580 g/mol. The molecule has 4 rings (SSSR count). The van der Waals surface area contributed by atoms with Crippen molar-refractivity contribution in [2.75, 3.05) is 7.11 Å². The normalized spacial score (nSPS) is 14.4. The summed E-state index contributed by atoms with van der Waals surface area (Å²) in [5.41, 5.74) is 1.50. The van der Waals surface area contributed by atoms with Gasteiger partial charge in [0, 0.05) is 27.7 Å². The molecular formula is C25H17Cl3N2O6S. The molecule has 3 aromatic rings. The molecule has 1 aliphatic heterocycles. The highest BCUT2D eigenvalue weighted by Gasteiger charge is 2.35. The van der Waals surface area contributed by atoms with Crippen molar-refractivity contribution in [2.24, 2.45) is 0 Å². The van der Waals surface area contributed by atoms with Crippen LogP contribution in [-0.2, 0) is 17.9 Å². The largest absolute Gasteiger partial charge is 0.493 e. The van der Waals surface area contributed by atoms with Crippen LogP contribution in [0.2, 0.25) is 15.1 Å². The molecule has 37 heavy (non-hydrogen) atoms. The molecule has 0 aliphatic carbocycles. The molecule has 0 N–H and O–H groups in total. The predicted octanol–water partition coefficient (Wildman–Crippen LogP) is 7.38. The van der Waals surface area contributed by atoms with E-state index in [1.165, 1.54) is 25.3 Å². The number of halogens is 3. The van der Waals surface area contributed by atoms with Gasteiger partial charge in [0.05, 0.1) is 28.5 Å². The quantitative estimate of drug-likeness (QED) is 0.156. The average Bonchev–Trinajstić information content (AvgIpc) is 3.12. The van der Waals surface area contributed by atoms with Gasteiger partial charge in [0.25, 0.3) is 16.8 Å². The van der Waals surface area contributed by atoms with Crippen molar-refractivity contribution < 1.29 is 24.0 Å². The summed E-state index contributed by atoms with van der Waals surface area (Å²) in [6.45, 7) is -0.0460. The molecule has 1 fully saturated rings. The van der Waals surface area contributed by atoms with Crippen molar-refractivity contribution in [3.05, 3.63) is 101 Å². The van der Waals surface area contributed by atoms with Gasteiger partial charge in [-0.05, 0) is 53.2 Å². The van der Waals surface area contributed by atoms with E-state index in [2.05, 4.69) is 0 Å². The van der Waals surface area contributed by atoms with E-state index in [1.807, 2.05) is 0 Å². The molecule has 0 aromatic heterocycles. The minimum atomic E-state index is -0.493. The topological polar surface area (TPSA) is 99.0 Å². The first-order chi connectivity index (χ1) is 17.7. The van der Waals surface area contributed by atoms with Crippen LogP contribution < -0.4 is 9.47 Å². The van der Waals surface area contributed by atoms with Crippen LogP contribution in [0, 0.1) is 10.1 Å². The van der Waals surface area contributed by atoms with E-state index in [-0.39, 0.29) is 40.3 Å². The minimum Gasteiger partial charge on any atom is -0.493 e. The van der Waals surface area contributed by atoms with Crippen molar-refractivity contribution in [1.82, 2.24) is 4.90 Å². The Morgan fingerprint density at radius 1 is 1.03 bits per heavy atom. The number of carbonyl (C=O) groups excluding carboxylic acids is 2. The molecular weight excluding hydrogens is 563 g/mol. The van der Waals surface area contributed by atoms with Crippen molar-refractivity contribution in [2.45, 2.75) is 13.2 Å². The first kappa shape index (κ1) is 26.8. The number of non-ortho nitro benzene ring substituents is 1. The van der Waals surface area contributed by atoms with E-state index < -0.39 is 16.1 Å². The summed E-state index contributed by atoms with van der Waals surface area (Å²) in [6.07, 6.45) is 1.53. The summed E-state index contributed by atoms with van der Waals surface area (Å²) in [6, 6.07) is 14.1. The molecule has 0 saturated carbocycles. The van der Waals surface area contributed by atoms with Gasteiger partial charge >= 0.3 is 0 Å². The number of hydrogen-bond acceptors (Lipinski definition) is 7. The minimum absolute atomic E-state index is 0.0145. The fourth-order valence-electron chi connectivity index (χ4n) is 3.51. The Labute approximate surface area is 230 Å². The van der Waals surface area contributed by atoms with E-state index in [9.17, 15) is 19.7 Å². The third kappa shape index (κ3) is 6.02. The zero-order chi connectivity index (χ0) is 26.7. The molecule has 0 bridgehead atoms. The second-order valence-corrected chi connectivity index (χ2v) is 9.93. The number of nitro groups is 1. The highest BCUT2D eigenvalue weighted by molar-refractivity contribution is 8.18. The van der Waals surface area contributed by atoms with Gasteiger partial charge in [0.15, 0.2) is 11.5 Å². The molecule has 1 saturated heterocycles. The van der Waals surface area contributed by atoms with Gasteiger partial charge in [-0.2, -0.15) is 0 Å². The molecule has 0 radical (unpaired) electrons. The Bertz CT molecular complexity index is 1430. The van der Waals surface area contributed by atoms with Gasteiger partial charge in [0.1, 0.15) is 6.61 Å². The van der Waals surface area contributed by atoms with Gasteiger partial charge in [-0.25, -0.2) is 0 Å². The van der Waals surface area contributed by atoms with Crippen LogP contribution in [0.4, 0.5) is 10.5 Å². The number of imide groups is 1. The Morgan fingerprint density at radius 2 is 1.73 bits per heavy atom. The van der Waals surface area contributed by atoms with Crippen LogP contribution in [0.15, 0.2) is 59.5 Å². The lowest BCUT2D eigenvalue weighted by atomic mass is 10.1. The third-order valence-corrected chi connectivity index (χ3v) is 7.20. The highest BCUT2D eigenvalue weighted by Crippen LogP contribution is 2.40. The van der Waals surface area contributed by atoms with Crippen LogP contribution in [0.1, 0.15) is 16.7 Å². The van der Waals surface area contributed by atoms with Crippen molar-refractivity contribution >= 4 is 69.5 Å². The third-order valence-electron chi connectivity index (χ3n) is 5.31. The molecule has 2 amide bonds. The molecule has 1 aliphatic rings. The fourth-order valence-corrected chi connectivity index (χ4v) is 5.14. The highest BCUT2D eigenvalue weighted by atomic mass is 35.5. The van der Waals surface area contributed by atoms with Gasteiger partial charge in [-0.15, -0.1) is 0 Å². The number of carbonyl (C=O) groups is 2. The van der Waals surface area contributed by atoms with E-state index in [0.29, 0.717) is 26.7 Å². The number of hydrogen-bond donors (Lipinski definition) is 0. The Balaban J connectivity index is 1.54. The molecule has 0 spiro atoms. The number of thioether (sulfide) groups is 1. The number of ether oxygens (including phenoxy) is 2. The monoisotopic (exact) mass is 578 g/mol. The van der Waals surface area contributed by atoms with E-state index in [0.717, 1.165) is 16.7 Å². The fraction of sp³-hybridized carbons (Fsp3) is 0.120. The van der Waals surface area contributed by atoms with E-state index in [1.54, 1.807) is 42.5 Å². The predicted molar refractivity (Wildman–Crippen MR) is 143 cm³/mol. The Kier molecular flexibility index (Phi) is 8.29. The van der Waals surface area contributed by atoms with Crippen molar-refractivity contribution in [1.29, 1.82) is 0 Å². The number of nitro benzene ring substituents is 1. The van der Waals surface area contributed by atoms with Crippen molar-refractivity contribution in [3.63, 3.8) is 0 Å². The molecule has 12 heteroatoms. The second kappa shape index (κ2) is 11.4. The summed E-state index contributed by atoms with van der Waals surface area (Å²) in [7, 11) is 1.43. The lowest BCUT2D eigenvalue weighted by Crippen LogP contribution is -2.27. The summed E-state index contributed by atoms with van der Waals surface area (Å²) in [4.78, 5) is 37.3. The maximum Gasteiger partial charge on any atom is 0.293 e. The van der Waals surface area contributed by atoms with Crippen LogP contribution in [0.3, 0.4) is 0 Å². The molecule has 190 valence electrons.